The van der Waals surface area contributed by atoms with E-state index in [-0.39, 0.29) is 30.9 Å². The van der Waals surface area contributed by atoms with E-state index in [1.54, 1.807) is 4.90 Å². The van der Waals surface area contributed by atoms with Crippen LogP contribution in [0.4, 0.5) is 0 Å². The minimum Gasteiger partial charge on any atom is -0.344 e. The third kappa shape index (κ3) is 7.40. The number of carbonyl (C=O) groups excluding carboxylic acids is 4. The molecule has 220 valence electrons. The molecule has 3 fully saturated rings. The van der Waals surface area contributed by atoms with Crippen molar-refractivity contribution in [3.05, 3.63) is 35.9 Å². The second-order valence-corrected chi connectivity index (χ2v) is 12.6. The Morgan fingerprint density at radius 1 is 1.18 bits per heavy atom. The predicted molar refractivity (Wildman–Crippen MR) is 150 cm³/mol. The highest BCUT2D eigenvalue weighted by atomic mass is 16.7. The van der Waals surface area contributed by atoms with Crippen LogP contribution in [0.3, 0.4) is 0 Å². The maximum Gasteiger partial charge on any atom is 0.245 e. The second-order valence-electron chi connectivity index (χ2n) is 12.6. The number of rotatable bonds is 11. The van der Waals surface area contributed by atoms with Crippen LogP contribution in [-0.2, 0) is 30.6 Å². The number of hydroxylamine groups is 2. The Kier molecular flexibility index (Phi) is 9.84. The molecular formula is C30H45N5O5. The van der Waals surface area contributed by atoms with Crippen LogP contribution >= 0.6 is 0 Å². The van der Waals surface area contributed by atoms with Crippen LogP contribution in [0.25, 0.3) is 0 Å². The zero-order valence-corrected chi connectivity index (χ0v) is 24.1. The van der Waals surface area contributed by atoms with Gasteiger partial charge in [-0.05, 0) is 36.2 Å². The van der Waals surface area contributed by atoms with Crippen LogP contribution in [0, 0.1) is 17.3 Å². The highest BCUT2D eigenvalue weighted by Crippen LogP contribution is 2.32. The summed E-state index contributed by atoms with van der Waals surface area (Å²) >= 11 is 0. The van der Waals surface area contributed by atoms with Gasteiger partial charge in [0.2, 0.25) is 24.1 Å². The molecule has 1 aliphatic carbocycles. The molecule has 1 aromatic carbocycles. The monoisotopic (exact) mass is 555 g/mol. The average Bonchev–Trinajstić information content (AvgIpc) is 3.58. The number of benzene rings is 1. The zero-order valence-electron chi connectivity index (χ0n) is 24.1. The summed E-state index contributed by atoms with van der Waals surface area (Å²) in [5.74, 6) is -0.477. The van der Waals surface area contributed by atoms with Gasteiger partial charge >= 0.3 is 0 Å². The highest BCUT2D eigenvalue weighted by Gasteiger charge is 2.46. The topological polar surface area (TPSA) is 120 Å². The Morgan fingerprint density at radius 2 is 1.85 bits per heavy atom. The summed E-state index contributed by atoms with van der Waals surface area (Å²) in [5, 5.41) is 10.4. The van der Waals surface area contributed by atoms with Crippen LogP contribution in [0.2, 0.25) is 0 Å². The van der Waals surface area contributed by atoms with Gasteiger partial charge in [-0.25, -0.2) is 5.06 Å². The van der Waals surface area contributed by atoms with Gasteiger partial charge in [0, 0.05) is 13.1 Å². The molecule has 0 aromatic heterocycles. The predicted octanol–water partition coefficient (Wildman–Crippen LogP) is 2.34. The van der Waals surface area contributed by atoms with Gasteiger partial charge in [-0.15, -0.1) is 0 Å². The van der Waals surface area contributed by atoms with Gasteiger partial charge in [0.15, 0.2) is 0 Å². The first-order chi connectivity index (χ1) is 19.1. The first-order valence-corrected chi connectivity index (χ1v) is 14.6. The Hall–Kier alpha value is -2.98. The van der Waals surface area contributed by atoms with Crippen molar-refractivity contribution in [1.29, 1.82) is 0 Å². The standard InChI is InChI=1S/C30H45N5O5/c1-29(2,3)25(27(38)34-15-13-30(14-16-34)28(39)31-20-32-30)33-26(37)24(17-22-9-7-8-10-22)18-35(21-36)40-19-23-11-5-4-6-12-23/h4-6,11-12,21-22,24-25,32H,7-10,13-20H2,1-3H3,(H,31,39)(H,33,37)/t24-,25-/m1/s1. The van der Waals surface area contributed by atoms with Crippen molar-refractivity contribution >= 4 is 24.1 Å². The SMILES string of the molecule is CC(C)(C)[C@H](NC(=O)[C@H](CC1CCCC1)CN(C=O)OCc1ccccc1)C(=O)N1CCC2(CC1)NCNC2=O. The molecule has 2 heterocycles. The molecule has 0 radical (unpaired) electrons. The molecule has 4 amide bonds. The molecular weight excluding hydrogens is 510 g/mol. The molecule has 2 atom stereocenters. The molecule has 2 aliphatic heterocycles. The smallest absolute Gasteiger partial charge is 0.245 e. The molecule has 1 saturated carbocycles. The van der Waals surface area contributed by atoms with Gasteiger partial charge in [-0.1, -0.05) is 76.8 Å². The summed E-state index contributed by atoms with van der Waals surface area (Å²) in [6.45, 7) is 7.52. The number of piperidine rings is 1. The van der Waals surface area contributed by atoms with Crippen molar-refractivity contribution < 1.29 is 24.0 Å². The van der Waals surface area contributed by atoms with Gasteiger partial charge in [-0.2, -0.15) is 0 Å². The third-order valence-corrected chi connectivity index (χ3v) is 8.66. The fourth-order valence-corrected chi connectivity index (χ4v) is 6.14. The number of hydrogen-bond acceptors (Lipinski definition) is 6. The van der Waals surface area contributed by atoms with E-state index >= 15 is 0 Å². The number of nitrogens with zero attached hydrogens (tertiary/aromatic N) is 2. The van der Waals surface area contributed by atoms with Crippen LogP contribution in [-0.4, -0.2) is 72.0 Å². The van der Waals surface area contributed by atoms with Gasteiger partial charge in [0.05, 0.1) is 19.1 Å². The molecule has 40 heavy (non-hydrogen) atoms. The van der Waals surface area contributed by atoms with E-state index in [0.29, 0.717) is 51.3 Å². The van der Waals surface area contributed by atoms with Gasteiger partial charge in [0.25, 0.3) is 0 Å². The molecule has 3 aliphatic rings. The van der Waals surface area contributed by atoms with Crippen LogP contribution in [0.1, 0.15) is 71.3 Å². The maximum absolute atomic E-state index is 13.8. The zero-order chi connectivity index (χ0) is 28.8. The van der Waals surface area contributed by atoms with Crippen LogP contribution < -0.4 is 16.0 Å². The quantitative estimate of drug-likeness (QED) is 0.285. The lowest BCUT2D eigenvalue weighted by molar-refractivity contribution is -0.182. The molecule has 2 saturated heterocycles. The second kappa shape index (κ2) is 13.1. The Morgan fingerprint density at radius 3 is 2.42 bits per heavy atom. The van der Waals surface area contributed by atoms with E-state index in [1.807, 2.05) is 51.1 Å². The summed E-state index contributed by atoms with van der Waals surface area (Å²) in [4.78, 5) is 59.4. The molecule has 10 heteroatoms. The molecule has 0 bridgehead atoms. The Labute approximate surface area is 237 Å². The number of likely N-dealkylation sites (tertiary alicyclic amines) is 1. The lowest BCUT2D eigenvalue weighted by Gasteiger charge is -2.41. The number of hydrogen-bond donors (Lipinski definition) is 3. The number of amides is 4. The fourth-order valence-electron chi connectivity index (χ4n) is 6.14. The number of carbonyl (C=O) groups is 4. The summed E-state index contributed by atoms with van der Waals surface area (Å²) in [6.07, 6.45) is 6.76. The molecule has 0 unspecified atom stereocenters. The van der Waals surface area contributed by atoms with E-state index in [1.165, 1.54) is 5.06 Å². The van der Waals surface area contributed by atoms with Crippen LogP contribution in [0.15, 0.2) is 30.3 Å². The lowest BCUT2D eigenvalue weighted by Crippen LogP contribution is -2.61. The highest BCUT2D eigenvalue weighted by molar-refractivity contribution is 5.91. The van der Waals surface area contributed by atoms with Gasteiger partial charge in [-0.3, -0.25) is 29.3 Å². The van der Waals surface area contributed by atoms with Crippen molar-refractivity contribution in [2.24, 2.45) is 17.3 Å². The third-order valence-electron chi connectivity index (χ3n) is 8.66. The minimum absolute atomic E-state index is 0.00996. The van der Waals surface area contributed by atoms with Crippen LogP contribution in [0.5, 0.6) is 0 Å². The Balaban J connectivity index is 1.43. The Bertz CT molecular complexity index is 1030. The molecule has 1 aromatic rings. The van der Waals surface area contributed by atoms with Crippen molar-refractivity contribution in [2.75, 3.05) is 26.3 Å². The first kappa shape index (κ1) is 30.0. The van der Waals surface area contributed by atoms with Crippen molar-refractivity contribution in [3.63, 3.8) is 0 Å². The lowest BCUT2D eigenvalue weighted by atomic mass is 9.83. The van der Waals surface area contributed by atoms with E-state index < -0.39 is 22.9 Å². The number of nitrogens with one attached hydrogen (secondary N) is 3. The summed E-state index contributed by atoms with van der Waals surface area (Å²) in [7, 11) is 0. The molecule has 10 nitrogen and oxygen atoms in total. The fraction of sp³-hybridized carbons (Fsp3) is 0.667. The van der Waals surface area contributed by atoms with E-state index in [4.69, 9.17) is 4.84 Å². The van der Waals surface area contributed by atoms with Crippen molar-refractivity contribution in [3.8, 4) is 0 Å². The normalized spacial score (nSPS) is 20.7. The first-order valence-electron chi connectivity index (χ1n) is 14.6. The summed E-state index contributed by atoms with van der Waals surface area (Å²) in [6, 6.07) is 8.84. The van der Waals surface area contributed by atoms with Crippen molar-refractivity contribution in [1.82, 2.24) is 25.9 Å². The van der Waals surface area contributed by atoms with E-state index in [0.717, 1.165) is 31.2 Å². The maximum atomic E-state index is 13.8. The van der Waals surface area contributed by atoms with Gasteiger partial charge < -0.3 is 15.5 Å². The van der Waals surface area contributed by atoms with E-state index in [9.17, 15) is 19.2 Å². The average molecular weight is 556 g/mol. The molecule has 4 rings (SSSR count). The van der Waals surface area contributed by atoms with Crippen molar-refractivity contribution in [2.45, 2.75) is 83.9 Å². The minimum atomic E-state index is -0.736. The van der Waals surface area contributed by atoms with E-state index in [2.05, 4.69) is 16.0 Å². The molecule has 1 spiro atoms. The van der Waals surface area contributed by atoms with Gasteiger partial charge in [0.1, 0.15) is 18.2 Å². The summed E-state index contributed by atoms with van der Waals surface area (Å²) in [5.41, 5.74) is -0.211. The summed E-state index contributed by atoms with van der Waals surface area (Å²) < 4.78 is 0. The molecule has 3 N–H and O–H groups in total. The largest absolute Gasteiger partial charge is 0.344 e.